The molecule has 0 aromatic heterocycles. The van der Waals surface area contributed by atoms with E-state index in [1.165, 1.54) is 7.11 Å². The Bertz CT molecular complexity index is 62.3. The quantitative estimate of drug-likeness (QED) is 0.519. The van der Waals surface area contributed by atoms with Crippen molar-refractivity contribution >= 4 is 0 Å². The van der Waals surface area contributed by atoms with Crippen LogP contribution in [-0.2, 0) is 4.74 Å². The zero-order valence-electron chi connectivity index (χ0n) is 4.70. The van der Waals surface area contributed by atoms with E-state index in [2.05, 4.69) is 9.91 Å². The average Bonchev–Trinajstić information content (AvgIpc) is 1.83. The van der Waals surface area contributed by atoms with Crippen molar-refractivity contribution in [3.8, 4) is 0 Å². The minimum atomic E-state index is -0.424. The van der Waals surface area contributed by atoms with Crippen LogP contribution in [0.2, 0.25) is 0 Å². The van der Waals surface area contributed by atoms with Gasteiger partial charge in [-0.3, -0.25) is 0 Å². The number of nitroso groups, excluding NO2 is 1. The Hall–Kier alpha value is -0.480. The van der Waals surface area contributed by atoms with Gasteiger partial charge in [0.2, 0.25) is 0 Å². The minimum Gasteiger partial charge on any atom is -0.394 e. The van der Waals surface area contributed by atoms with E-state index in [4.69, 9.17) is 5.11 Å². The number of aliphatic hydroxyl groups is 1. The van der Waals surface area contributed by atoms with E-state index >= 15 is 0 Å². The van der Waals surface area contributed by atoms with Gasteiger partial charge < -0.3 is 9.84 Å². The Labute approximate surface area is 47.4 Å². The molecule has 0 spiro atoms. The molecule has 0 aliphatic carbocycles. The molecule has 0 saturated heterocycles. The molecule has 0 heterocycles. The molecule has 4 heteroatoms. The standard InChI is InChI=1S/C4H9NO3/c1-8-4(3-6)2-5-7/h4,6H,2-3H2,1H3. The van der Waals surface area contributed by atoms with E-state index in [9.17, 15) is 4.91 Å². The van der Waals surface area contributed by atoms with Crippen LogP contribution in [0.4, 0.5) is 0 Å². The molecule has 0 aromatic carbocycles. The fraction of sp³-hybridized carbons (Fsp3) is 1.00. The highest BCUT2D eigenvalue weighted by molar-refractivity contribution is 4.56. The number of ether oxygens (including phenoxy) is 1. The number of nitrogens with zero attached hydrogens (tertiary/aromatic N) is 1. The second-order valence-electron chi connectivity index (χ2n) is 1.35. The molecule has 0 bridgehead atoms. The SMILES string of the molecule is COC(CO)CN=O. The van der Waals surface area contributed by atoms with Crippen molar-refractivity contribution in [2.24, 2.45) is 5.18 Å². The van der Waals surface area contributed by atoms with Gasteiger partial charge in [-0.15, -0.1) is 0 Å². The van der Waals surface area contributed by atoms with Gasteiger partial charge in [0.25, 0.3) is 0 Å². The molecule has 0 saturated carbocycles. The third-order valence-electron chi connectivity index (χ3n) is 0.815. The fourth-order valence-corrected chi connectivity index (χ4v) is 0.290. The van der Waals surface area contributed by atoms with Gasteiger partial charge in [-0.05, 0) is 0 Å². The summed E-state index contributed by atoms with van der Waals surface area (Å²) in [6, 6.07) is 0. The molecule has 8 heavy (non-hydrogen) atoms. The van der Waals surface area contributed by atoms with Crippen LogP contribution in [-0.4, -0.2) is 31.5 Å². The first-order valence-corrected chi connectivity index (χ1v) is 2.28. The van der Waals surface area contributed by atoms with E-state index < -0.39 is 6.10 Å². The summed E-state index contributed by atoms with van der Waals surface area (Å²) in [5.41, 5.74) is 0. The van der Waals surface area contributed by atoms with Gasteiger partial charge >= 0.3 is 0 Å². The first-order valence-electron chi connectivity index (χ1n) is 2.28. The molecule has 0 aliphatic heterocycles. The summed E-state index contributed by atoms with van der Waals surface area (Å²) >= 11 is 0. The summed E-state index contributed by atoms with van der Waals surface area (Å²) in [5, 5.41) is 10.9. The maximum Gasteiger partial charge on any atom is 0.109 e. The summed E-state index contributed by atoms with van der Waals surface area (Å²) in [5.74, 6) is 0. The van der Waals surface area contributed by atoms with Crippen LogP contribution in [0.25, 0.3) is 0 Å². The zero-order valence-corrected chi connectivity index (χ0v) is 4.70. The molecule has 0 rings (SSSR count). The lowest BCUT2D eigenvalue weighted by Gasteiger charge is -2.04. The van der Waals surface area contributed by atoms with Crippen LogP contribution in [0.15, 0.2) is 5.18 Å². The predicted molar refractivity (Wildman–Crippen MR) is 28.5 cm³/mol. The Kier molecular flexibility index (Phi) is 4.39. The highest BCUT2D eigenvalue weighted by Crippen LogP contribution is 1.86. The normalized spacial score (nSPS) is 13.2. The number of aliphatic hydroxyl groups excluding tert-OH is 1. The summed E-state index contributed by atoms with van der Waals surface area (Å²) in [7, 11) is 1.42. The van der Waals surface area contributed by atoms with Crippen molar-refractivity contribution in [3.05, 3.63) is 4.91 Å². The molecule has 0 aliphatic rings. The molecule has 1 atom stereocenters. The molecule has 0 aromatic rings. The molecule has 1 unspecified atom stereocenters. The third-order valence-corrected chi connectivity index (χ3v) is 0.815. The van der Waals surface area contributed by atoms with Gasteiger partial charge in [0.1, 0.15) is 12.6 Å². The van der Waals surface area contributed by atoms with Crippen LogP contribution < -0.4 is 0 Å². The molecule has 1 N–H and O–H groups in total. The molecular formula is C4H9NO3. The third kappa shape index (κ3) is 2.65. The lowest BCUT2D eigenvalue weighted by atomic mass is 10.4. The number of rotatable bonds is 4. The lowest BCUT2D eigenvalue weighted by molar-refractivity contribution is 0.0554. The van der Waals surface area contributed by atoms with Gasteiger partial charge in [-0.1, -0.05) is 5.18 Å². The van der Waals surface area contributed by atoms with Crippen molar-refractivity contribution in [1.82, 2.24) is 0 Å². The molecule has 0 radical (unpaired) electrons. The van der Waals surface area contributed by atoms with E-state index in [0.717, 1.165) is 0 Å². The highest BCUT2D eigenvalue weighted by atomic mass is 16.5. The van der Waals surface area contributed by atoms with Crippen molar-refractivity contribution in [1.29, 1.82) is 0 Å². The van der Waals surface area contributed by atoms with Gasteiger partial charge in [0.05, 0.1) is 6.61 Å². The van der Waals surface area contributed by atoms with Gasteiger partial charge in [0.15, 0.2) is 0 Å². The molecular weight excluding hydrogens is 110 g/mol. The topological polar surface area (TPSA) is 58.9 Å². The molecule has 48 valence electrons. The first kappa shape index (κ1) is 7.52. The van der Waals surface area contributed by atoms with E-state index in [-0.39, 0.29) is 13.2 Å². The van der Waals surface area contributed by atoms with Gasteiger partial charge in [-0.2, -0.15) is 4.91 Å². The van der Waals surface area contributed by atoms with E-state index in [1.807, 2.05) is 0 Å². The number of methoxy groups -OCH3 is 1. The van der Waals surface area contributed by atoms with Crippen LogP contribution in [0.3, 0.4) is 0 Å². The summed E-state index contributed by atoms with van der Waals surface area (Å²) < 4.78 is 4.60. The smallest absolute Gasteiger partial charge is 0.109 e. The van der Waals surface area contributed by atoms with E-state index in [0.29, 0.717) is 0 Å². The highest BCUT2D eigenvalue weighted by Gasteiger charge is 2.02. The van der Waals surface area contributed by atoms with Gasteiger partial charge in [0, 0.05) is 7.11 Å². The van der Waals surface area contributed by atoms with Crippen molar-refractivity contribution in [2.45, 2.75) is 6.10 Å². The Balaban J connectivity index is 3.20. The fourth-order valence-electron chi connectivity index (χ4n) is 0.290. The summed E-state index contributed by atoms with van der Waals surface area (Å²) in [6.07, 6.45) is -0.424. The predicted octanol–water partition coefficient (Wildman–Crippen LogP) is -0.240. The lowest BCUT2D eigenvalue weighted by Crippen LogP contribution is -2.18. The summed E-state index contributed by atoms with van der Waals surface area (Å²) in [6.45, 7) is -0.130. The van der Waals surface area contributed by atoms with Crippen LogP contribution in [0.1, 0.15) is 0 Å². The zero-order chi connectivity index (χ0) is 6.41. The van der Waals surface area contributed by atoms with Crippen molar-refractivity contribution in [2.75, 3.05) is 20.3 Å². The van der Waals surface area contributed by atoms with Crippen LogP contribution in [0, 0.1) is 4.91 Å². The van der Waals surface area contributed by atoms with Gasteiger partial charge in [-0.25, -0.2) is 0 Å². The van der Waals surface area contributed by atoms with Crippen LogP contribution in [0.5, 0.6) is 0 Å². The number of hydrogen-bond donors (Lipinski definition) is 1. The van der Waals surface area contributed by atoms with Crippen molar-refractivity contribution in [3.63, 3.8) is 0 Å². The average molecular weight is 119 g/mol. The second kappa shape index (κ2) is 4.67. The summed E-state index contributed by atoms with van der Waals surface area (Å²) in [4.78, 5) is 9.49. The second-order valence-corrected chi connectivity index (χ2v) is 1.35. The molecule has 0 fully saturated rings. The Morgan fingerprint density at radius 3 is 2.62 bits per heavy atom. The Morgan fingerprint density at radius 1 is 1.88 bits per heavy atom. The molecule has 4 nitrogen and oxygen atoms in total. The first-order chi connectivity index (χ1) is 3.85. The van der Waals surface area contributed by atoms with Crippen LogP contribution >= 0.6 is 0 Å². The van der Waals surface area contributed by atoms with Crippen molar-refractivity contribution < 1.29 is 9.84 Å². The maximum atomic E-state index is 9.49. The monoisotopic (exact) mass is 119 g/mol. The largest absolute Gasteiger partial charge is 0.394 e. The van der Waals surface area contributed by atoms with E-state index in [1.54, 1.807) is 0 Å². The maximum absolute atomic E-state index is 9.49. The Morgan fingerprint density at radius 2 is 2.50 bits per heavy atom. The minimum absolute atomic E-state index is 0.0208. The molecule has 0 amide bonds. The number of hydrogen-bond acceptors (Lipinski definition) is 4.